The molecule has 1 aliphatic heterocycles. The van der Waals surface area contributed by atoms with E-state index in [-0.39, 0.29) is 12.2 Å². The van der Waals surface area contributed by atoms with E-state index in [1.165, 1.54) is 0 Å². The monoisotopic (exact) mass is 353 g/mol. The van der Waals surface area contributed by atoms with Crippen LogP contribution in [0.3, 0.4) is 0 Å². The second-order valence-electron chi connectivity index (χ2n) is 6.97. The van der Waals surface area contributed by atoms with Crippen LogP contribution in [0.1, 0.15) is 31.1 Å². The zero-order chi connectivity index (χ0) is 18.6. The smallest absolute Gasteiger partial charge is 0.132 e. The predicted molar refractivity (Wildman–Crippen MR) is 105 cm³/mol. The van der Waals surface area contributed by atoms with Crippen LogP contribution in [0.4, 0.5) is 5.69 Å². The molecule has 2 unspecified atom stereocenters. The highest BCUT2D eigenvalue weighted by molar-refractivity contribution is 5.53. The van der Waals surface area contributed by atoms with Gasteiger partial charge < -0.3 is 19.5 Å². The van der Waals surface area contributed by atoms with Crippen LogP contribution in [0.15, 0.2) is 61.2 Å². The van der Waals surface area contributed by atoms with Crippen LogP contribution >= 0.6 is 0 Å². The number of fused-ring (bicyclic) bond motifs is 1. The third-order valence-corrected chi connectivity index (χ3v) is 4.60. The first-order valence-corrected chi connectivity index (χ1v) is 8.94. The van der Waals surface area contributed by atoms with Crippen molar-refractivity contribution in [2.75, 3.05) is 19.0 Å². The van der Waals surface area contributed by atoms with Gasteiger partial charge in [-0.1, -0.05) is 36.4 Å². The molecule has 4 heteroatoms. The summed E-state index contributed by atoms with van der Waals surface area (Å²) in [5, 5.41) is 3.18. The number of rotatable bonds is 7. The maximum atomic E-state index is 6.37. The Morgan fingerprint density at radius 1 is 1.15 bits per heavy atom. The van der Waals surface area contributed by atoms with Gasteiger partial charge in [-0.2, -0.15) is 0 Å². The molecular formula is C22H27NO3. The van der Waals surface area contributed by atoms with Crippen LogP contribution in [0.5, 0.6) is 5.75 Å². The van der Waals surface area contributed by atoms with E-state index in [0.29, 0.717) is 13.2 Å². The lowest BCUT2D eigenvalue weighted by molar-refractivity contribution is -0.161. The molecule has 2 atom stereocenters. The van der Waals surface area contributed by atoms with Crippen LogP contribution in [-0.4, -0.2) is 25.4 Å². The molecule has 0 aromatic heterocycles. The van der Waals surface area contributed by atoms with Gasteiger partial charge in [0.25, 0.3) is 0 Å². The van der Waals surface area contributed by atoms with Crippen molar-refractivity contribution in [2.45, 2.75) is 38.3 Å². The Bertz CT molecular complexity index is 742. The van der Waals surface area contributed by atoms with Gasteiger partial charge in [0.1, 0.15) is 23.6 Å². The Labute approximate surface area is 155 Å². The van der Waals surface area contributed by atoms with E-state index >= 15 is 0 Å². The van der Waals surface area contributed by atoms with Crippen molar-refractivity contribution in [1.82, 2.24) is 0 Å². The average Bonchev–Trinajstić information content (AvgIpc) is 2.65. The third-order valence-electron chi connectivity index (χ3n) is 4.60. The van der Waals surface area contributed by atoms with Crippen molar-refractivity contribution in [3.8, 4) is 5.75 Å². The average molecular weight is 353 g/mol. The van der Waals surface area contributed by atoms with Crippen molar-refractivity contribution < 1.29 is 14.2 Å². The van der Waals surface area contributed by atoms with Gasteiger partial charge in [-0.3, -0.25) is 0 Å². The Morgan fingerprint density at radius 2 is 1.92 bits per heavy atom. The van der Waals surface area contributed by atoms with Crippen LogP contribution < -0.4 is 10.1 Å². The second-order valence-corrected chi connectivity index (χ2v) is 6.97. The van der Waals surface area contributed by atoms with E-state index in [4.69, 9.17) is 14.2 Å². The number of benzene rings is 2. The van der Waals surface area contributed by atoms with Crippen molar-refractivity contribution >= 4 is 5.69 Å². The van der Waals surface area contributed by atoms with E-state index in [9.17, 15) is 0 Å². The van der Waals surface area contributed by atoms with Gasteiger partial charge in [0.05, 0.1) is 13.2 Å². The minimum Gasteiger partial charge on any atom is -0.485 e. The lowest BCUT2D eigenvalue weighted by Gasteiger charge is -2.44. The summed E-state index contributed by atoms with van der Waals surface area (Å²) in [6, 6.07) is 16.2. The highest BCUT2D eigenvalue weighted by Crippen LogP contribution is 2.44. The van der Waals surface area contributed by atoms with Crippen LogP contribution in [0.2, 0.25) is 0 Å². The van der Waals surface area contributed by atoms with Crippen molar-refractivity contribution in [3.05, 3.63) is 72.3 Å². The van der Waals surface area contributed by atoms with E-state index < -0.39 is 5.60 Å². The van der Waals surface area contributed by atoms with Crippen LogP contribution in [0.25, 0.3) is 0 Å². The summed E-state index contributed by atoms with van der Waals surface area (Å²) in [5.41, 5.74) is 2.63. The Balaban J connectivity index is 1.94. The first kappa shape index (κ1) is 18.5. The molecule has 0 aliphatic carbocycles. The first-order chi connectivity index (χ1) is 12.5. The molecule has 26 heavy (non-hydrogen) atoms. The standard InChI is InChI=1S/C22H27NO3/c1-5-13-24-21-20(25-15-16-9-7-6-8-10-16)18-14-17(23-4)11-12-19(18)26-22(21,2)3/h5-12,14,20-21,23H,1,13,15H2,2-4H3. The van der Waals surface area contributed by atoms with Crippen molar-refractivity contribution in [1.29, 1.82) is 0 Å². The normalized spacial score (nSPS) is 20.7. The number of anilines is 1. The fourth-order valence-corrected chi connectivity index (χ4v) is 3.29. The molecule has 1 heterocycles. The number of nitrogens with one attached hydrogen (secondary N) is 1. The summed E-state index contributed by atoms with van der Waals surface area (Å²) < 4.78 is 18.7. The lowest BCUT2D eigenvalue weighted by atomic mass is 9.87. The zero-order valence-electron chi connectivity index (χ0n) is 15.7. The zero-order valence-corrected chi connectivity index (χ0v) is 15.7. The van der Waals surface area contributed by atoms with E-state index in [1.54, 1.807) is 6.08 Å². The van der Waals surface area contributed by atoms with Crippen molar-refractivity contribution in [3.63, 3.8) is 0 Å². The number of ether oxygens (including phenoxy) is 3. The molecular weight excluding hydrogens is 326 g/mol. The SMILES string of the molecule is C=CCOC1C(OCc2ccccc2)c2cc(NC)ccc2OC1(C)C. The highest BCUT2D eigenvalue weighted by atomic mass is 16.6. The minimum atomic E-state index is -0.515. The molecule has 0 spiro atoms. The third kappa shape index (κ3) is 3.92. The summed E-state index contributed by atoms with van der Waals surface area (Å²) >= 11 is 0. The van der Waals surface area contributed by atoms with Crippen LogP contribution in [0, 0.1) is 0 Å². The Hall–Kier alpha value is -2.30. The molecule has 3 rings (SSSR count). The van der Waals surface area contributed by atoms with Gasteiger partial charge in [-0.15, -0.1) is 6.58 Å². The molecule has 0 amide bonds. The Morgan fingerprint density at radius 3 is 2.62 bits per heavy atom. The van der Waals surface area contributed by atoms with Gasteiger partial charge in [0, 0.05) is 18.3 Å². The molecule has 1 N–H and O–H groups in total. The van der Waals surface area contributed by atoms with E-state index in [0.717, 1.165) is 22.6 Å². The van der Waals surface area contributed by atoms with Gasteiger partial charge >= 0.3 is 0 Å². The summed E-state index contributed by atoms with van der Waals surface area (Å²) in [6.07, 6.45) is 1.27. The maximum absolute atomic E-state index is 6.37. The molecule has 2 aromatic rings. The van der Waals surface area contributed by atoms with E-state index in [2.05, 4.69) is 30.1 Å². The van der Waals surface area contributed by atoms with Gasteiger partial charge in [0.2, 0.25) is 0 Å². The summed E-state index contributed by atoms with van der Waals surface area (Å²) in [7, 11) is 1.90. The molecule has 4 nitrogen and oxygen atoms in total. The van der Waals surface area contributed by atoms with Gasteiger partial charge in [0.15, 0.2) is 0 Å². The second kappa shape index (κ2) is 7.94. The minimum absolute atomic E-state index is 0.234. The molecule has 0 saturated carbocycles. The molecule has 0 fully saturated rings. The number of hydrogen-bond acceptors (Lipinski definition) is 4. The maximum Gasteiger partial charge on any atom is 0.132 e. The molecule has 0 radical (unpaired) electrons. The summed E-state index contributed by atoms with van der Waals surface area (Å²) in [6.45, 7) is 8.80. The van der Waals surface area contributed by atoms with Crippen molar-refractivity contribution in [2.24, 2.45) is 0 Å². The van der Waals surface area contributed by atoms with Gasteiger partial charge in [-0.05, 0) is 37.6 Å². The molecule has 0 saturated heterocycles. The molecule has 1 aliphatic rings. The molecule has 138 valence electrons. The summed E-state index contributed by atoms with van der Waals surface area (Å²) in [5.74, 6) is 0.838. The largest absolute Gasteiger partial charge is 0.485 e. The Kier molecular flexibility index (Phi) is 5.64. The lowest BCUT2D eigenvalue weighted by Crippen LogP contribution is -2.51. The quantitative estimate of drug-likeness (QED) is 0.731. The summed E-state index contributed by atoms with van der Waals surface area (Å²) in [4.78, 5) is 0. The van der Waals surface area contributed by atoms with Crippen LogP contribution in [-0.2, 0) is 16.1 Å². The number of hydrogen-bond donors (Lipinski definition) is 1. The first-order valence-electron chi connectivity index (χ1n) is 8.94. The molecule has 0 bridgehead atoms. The topological polar surface area (TPSA) is 39.7 Å². The highest BCUT2D eigenvalue weighted by Gasteiger charge is 2.45. The fraction of sp³-hybridized carbons (Fsp3) is 0.364. The predicted octanol–water partition coefficient (Wildman–Crippen LogP) is 4.73. The van der Waals surface area contributed by atoms with Gasteiger partial charge in [-0.25, -0.2) is 0 Å². The molecule has 2 aromatic carbocycles. The fourth-order valence-electron chi connectivity index (χ4n) is 3.29. The van der Waals surface area contributed by atoms with E-state index in [1.807, 2.05) is 51.2 Å².